The third kappa shape index (κ3) is 2.41. The molecule has 0 aliphatic heterocycles. The van der Waals surface area contributed by atoms with Crippen molar-refractivity contribution in [1.29, 1.82) is 0 Å². The zero-order chi connectivity index (χ0) is 13.1. The quantitative estimate of drug-likeness (QED) is 0.840. The van der Waals surface area contributed by atoms with E-state index in [9.17, 15) is 4.79 Å². The van der Waals surface area contributed by atoms with Gasteiger partial charge in [0.15, 0.2) is 11.5 Å². The monoisotopic (exact) mass is 263 g/mol. The number of methoxy groups -OCH3 is 1. The Morgan fingerprint density at radius 3 is 2.61 bits per heavy atom. The first kappa shape index (κ1) is 12.3. The van der Waals surface area contributed by atoms with Gasteiger partial charge in [0.1, 0.15) is 0 Å². The zero-order valence-corrected chi connectivity index (χ0v) is 10.3. The molecule has 0 radical (unpaired) electrons. The van der Waals surface area contributed by atoms with E-state index in [4.69, 9.17) is 17.3 Å². The van der Waals surface area contributed by atoms with E-state index in [2.05, 4.69) is 14.7 Å². The van der Waals surface area contributed by atoms with Crippen LogP contribution in [0.4, 0.5) is 5.82 Å². The lowest BCUT2D eigenvalue weighted by molar-refractivity contribution is 0.0595. The third-order valence-corrected chi connectivity index (χ3v) is 2.57. The van der Waals surface area contributed by atoms with E-state index in [-0.39, 0.29) is 11.5 Å². The summed E-state index contributed by atoms with van der Waals surface area (Å²) in [6, 6.07) is 7.02. The van der Waals surface area contributed by atoms with Gasteiger partial charge in [-0.3, -0.25) is 0 Å². The minimum Gasteiger partial charge on any atom is -0.464 e. The van der Waals surface area contributed by atoms with E-state index < -0.39 is 5.97 Å². The van der Waals surface area contributed by atoms with Crippen LogP contribution in [0, 0.1) is 0 Å². The lowest BCUT2D eigenvalue weighted by Crippen LogP contribution is -2.10. The highest BCUT2D eigenvalue weighted by Crippen LogP contribution is 2.20. The van der Waals surface area contributed by atoms with E-state index in [0.29, 0.717) is 10.7 Å². The van der Waals surface area contributed by atoms with Gasteiger partial charge in [0.2, 0.25) is 0 Å². The molecule has 6 heteroatoms. The number of hydrogen-bond acceptors (Lipinski definition) is 5. The standard InChI is InChI=1S/C12H10ClN3O2/c1-18-12(17)10-11(14)15-6-9(16-10)7-2-4-8(13)5-3-7/h2-6H,1H3,(H2,14,15). The highest BCUT2D eigenvalue weighted by Gasteiger charge is 2.14. The number of halogens is 1. The number of ether oxygens (including phenoxy) is 1. The number of nitrogen functional groups attached to an aromatic ring is 1. The first-order valence-corrected chi connectivity index (χ1v) is 5.46. The predicted molar refractivity (Wildman–Crippen MR) is 68.2 cm³/mol. The topological polar surface area (TPSA) is 78.1 Å². The maximum atomic E-state index is 11.4. The summed E-state index contributed by atoms with van der Waals surface area (Å²) in [5.41, 5.74) is 6.90. The zero-order valence-electron chi connectivity index (χ0n) is 9.55. The minimum atomic E-state index is -0.615. The van der Waals surface area contributed by atoms with Crippen LogP contribution in [0.5, 0.6) is 0 Å². The van der Waals surface area contributed by atoms with E-state index in [1.165, 1.54) is 13.3 Å². The van der Waals surface area contributed by atoms with Gasteiger partial charge in [-0.2, -0.15) is 0 Å². The average molecular weight is 264 g/mol. The molecule has 0 bridgehead atoms. The van der Waals surface area contributed by atoms with Crippen molar-refractivity contribution in [3.8, 4) is 11.3 Å². The van der Waals surface area contributed by atoms with Crippen LogP contribution in [-0.4, -0.2) is 23.0 Å². The molecule has 0 amide bonds. The van der Waals surface area contributed by atoms with Gasteiger partial charge in [0.05, 0.1) is 19.0 Å². The Bertz CT molecular complexity index is 584. The lowest BCUT2D eigenvalue weighted by Gasteiger charge is -2.05. The molecular formula is C12H10ClN3O2. The number of carbonyl (C=O) groups excluding carboxylic acids is 1. The molecule has 0 aliphatic carbocycles. The SMILES string of the molecule is COC(=O)c1nc(-c2ccc(Cl)cc2)cnc1N. The van der Waals surface area contributed by atoms with Crippen LogP contribution in [0.2, 0.25) is 5.02 Å². The molecule has 0 spiro atoms. The Morgan fingerprint density at radius 2 is 2.00 bits per heavy atom. The molecule has 0 aliphatic rings. The second-order valence-electron chi connectivity index (χ2n) is 3.49. The predicted octanol–water partition coefficient (Wildman–Crippen LogP) is 2.17. The lowest BCUT2D eigenvalue weighted by atomic mass is 10.1. The van der Waals surface area contributed by atoms with Crippen LogP contribution in [0.15, 0.2) is 30.5 Å². The normalized spacial score (nSPS) is 10.1. The van der Waals surface area contributed by atoms with Crippen LogP contribution in [0.1, 0.15) is 10.5 Å². The van der Waals surface area contributed by atoms with Gasteiger partial charge in [-0.1, -0.05) is 23.7 Å². The molecule has 1 heterocycles. The molecule has 2 N–H and O–H groups in total. The smallest absolute Gasteiger partial charge is 0.360 e. The van der Waals surface area contributed by atoms with Crippen LogP contribution >= 0.6 is 11.6 Å². The molecule has 1 aromatic carbocycles. The summed E-state index contributed by atoms with van der Waals surface area (Å²) in [5, 5.41) is 0.621. The summed E-state index contributed by atoms with van der Waals surface area (Å²) < 4.78 is 4.58. The molecule has 92 valence electrons. The van der Waals surface area contributed by atoms with Crippen molar-refractivity contribution in [2.24, 2.45) is 0 Å². The van der Waals surface area contributed by atoms with Crippen molar-refractivity contribution in [3.63, 3.8) is 0 Å². The van der Waals surface area contributed by atoms with Gasteiger partial charge in [0.25, 0.3) is 0 Å². The van der Waals surface area contributed by atoms with Crippen LogP contribution in [-0.2, 0) is 4.74 Å². The largest absolute Gasteiger partial charge is 0.464 e. The van der Waals surface area contributed by atoms with E-state index in [1.807, 2.05) is 0 Å². The summed E-state index contributed by atoms with van der Waals surface area (Å²) in [4.78, 5) is 19.5. The molecule has 18 heavy (non-hydrogen) atoms. The fourth-order valence-corrected chi connectivity index (χ4v) is 1.53. The molecule has 2 aromatic rings. The van der Waals surface area contributed by atoms with Crippen molar-refractivity contribution < 1.29 is 9.53 Å². The number of aromatic nitrogens is 2. The van der Waals surface area contributed by atoms with Crippen molar-refractivity contribution in [1.82, 2.24) is 9.97 Å². The number of nitrogens with two attached hydrogens (primary N) is 1. The number of hydrogen-bond donors (Lipinski definition) is 1. The van der Waals surface area contributed by atoms with Gasteiger partial charge in [-0.15, -0.1) is 0 Å². The third-order valence-electron chi connectivity index (χ3n) is 2.32. The van der Waals surface area contributed by atoms with Crippen molar-refractivity contribution in [3.05, 3.63) is 41.2 Å². The molecule has 1 aromatic heterocycles. The molecule has 0 atom stereocenters. The van der Waals surface area contributed by atoms with Gasteiger partial charge in [0, 0.05) is 10.6 Å². The Kier molecular flexibility index (Phi) is 3.43. The number of rotatable bonds is 2. The highest BCUT2D eigenvalue weighted by molar-refractivity contribution is 6.30. The van der Waals surface area contributed by atoms with Crippen LogP contribution < -0.4 is 5.73 Å². The summed E-state index contributed by atoms with van der Waals surface area (Å²) >= 11 is 5.80. The average Bonchev–Trinajstić information content (AvgIpc) is 2.39. The van der Waals surface area contributed by atoms with Crippen molar-refractivity contribution in [2.75, 3.05) is 12.8 Å². The number of anilines is 1. The fraction of sp³-hybridized carbons (Fsp3) is 0.0833. The minimum absolute atomic E-state index is 0.00458. The highest BCUT2D eigenvalue weighted by atomic mass is 35.5. The molecular weight excluding hydrogens is 254 g/mol. The van der Waals surface area contributed by atoms with Gasteiger partial charge >= 0.3 is 5.97 Å². The summed E-state index contributed by atoms with van der Waals surface area (Å²) in [6.45, 7) is 0. The number of nitrogens with zero attached hydrogens (tertiary/aromatic N) is 2. The molecule has 0 saturated heterocycles. The van der Waals surface area contributed by atoms with Gasteiger partial charge in [-0.05, 0) is 12.1 Å². The maximum Gasteiger partial charge on any atom is 0.360 e. The van der Waals surface area contributed by atoms with Crippen LogP contribution in [0.25, 0.3) is 11.3 Å². The van der Waals surface area contributed by atoms with E-state index in [1.54, 1.807) is 24.3 Å². The van der Waals surface area contributed by atoms with E-state index in [0.717, 1.165) is 5.56 Å². The fourth-order valence-electron chi connectivity index (χ4n) is 1.41. The summed E-state index contributed by atoms with van der Waals surface area (Å²) in [7, 11) is 1.26. The second kappa shape index (κ2) is 5.01. The Labute approximate surface area is 109 Å². The molecule has 2 rings (SSSR count). The van der Waals surface area contributed by atoms with E-state index >= 15 is 0 Å². The van der Waals surface area contributed by atoms with Gasteiger partial charge in [-0.25, -0.2) is 14.8 Å². The van der Waals surface area contributed by atoms with Gasteiger partial charge < -0.3 is 10.5 Å². The first-order chi connectivity index (χ1) is 8.61. The summed E-state index contributed by atoms with van der Waals surface area (Å²) in [6.07, 6.45) is 1.49. The molecule has 0 unspecified atom stereocenters. The van der Waals surface area contributed by atoms with Crippen LogP contribution in [0.3, 0.4) is 0 Å². The second-order valence-corrected chi connectivity index (χ2v) is 3.92. The summed E-state index contributed by atoms with van der Waals surface area (Å²) in [5.74, 6) is -0.574. The Balaban J connectivity index is 2.46. The number of carbonyl (C=O) groups is 1. The van der Waals surface area contributed by atoms with Crippen molar-refractivity contribution in [2.45, 2.75) is 0 Å². The Morgan fingerprint density at radius 1 is 1.33 bits per heavy atom. The van der Waals surface area contributed by atoms with Crippen molar-refractivity contribution >= 4 is 23.4 Å². The molecule has 0 saturated carbocycles. The number of esters is 1. The Hall–Kier alpha value is -2.14. The number of benzene rings is 1. The maximum absolute atomic E-state index is 11.4. The molecule has 0 fully saturated rings. The molecule has 5 nitrogen and oxygen atoms in total. The first-order valence-electron chi connectivity index (χ1n) is 5.08.